The molecule has 1 amide bonds. The third-order valence-corrected chi connectivity index (χ3v) is 2.71. The van der Waals surface area contributed by atoms with E-state index >= 15 is 0 Å². The lowest BCUT2D eigenvalue weighted by atomic mass is 10.1. The molecule has 0 fully saturated rings. The maximum Gasteiger partial charge on any atom is 0.299 e. The molecule has 0 saturated heterocycles. The first kappa shape index (κ1) is 11.8. The monoisotopic (exact) mass is 234 g/mol. The molecular formula is C12H14N2O3. The number of anilines is 1. The number of rotatable bonds is 4. The molecule has 17 heavy (non-hydrogen) atoms. The molecule has 1 aromatic carbocycles. The zero-order valence-corrected chi connectivity index (χ0v) is 9.51. The number of Topliss-reactive ketones (excluding diaryl/α,β-unsaturated/α-hetero) is 1. The van der Waals surface area contributed by atoms with Crippen LogP contribution < -0.4 is 10.2 Å². The van der Waals surface area contributed by atoms with Gasteiger partial charge < -0.3 is 15.3 Å². The van der Waals surface area contributed by atoms with Crippen LogP contribution in [0.2, 0.25) is 0 Å². The van der Waals surface area contributed by atoms with E-state index in [-0.39, 0.29) is 6.54 Å². The molecule has 1 atom stereocenters. The highest BCUT2D eigenvalue weighted by atomic mass is 16.3. The van der Waals surface area contributed by atoms with Crippen molar-refractivity contribution in [2.45, 2.75) is 6.10 Å². The van der Waals surface area contributed by atoms with Crippen LogP contribution in [0.4, 0.5) is 5.69 Å². The topological polar surface area (TPSA) is 69.6 Å². The third kappa shape index (κ3) is 2.07. The number of amides is 1. The van der Waals surface area contributed by atoms with Crippen LogP contribution in [0.3, 0.4) is 0 Å². The van der Waals surface area contributed by atoms with Crippen LogP contribution in [0, 0.1) is 0 Å². The average molecular weight is 234 g/mol. The summed E-state index contributed by atoms with van der Waals surface area (Å²) >= 11 is 0. The van der Waals surface area contributed by atoms with E-state index in [1.165, 1.54) is 4.90 Å². The molecule has 5 nitrogen and oxygen atoms in total. The highest BCUT2D eigenvalue weighted by Crippen LogP contribution is 2.28. The summed E-state index contributed by atoms with van der Waals surface area (Å²) in [6, 6.07) is 6.82. The molecule has 0 spiro atoms. The summed E-state index contributed by atoms with van der Waals surface area (Å²) in [4.78, 5) is 24.7. The van der Waals surface area contributed by atoms with Crippen molar-refractivity contribution in [2.75, 3.05) is 25.0 Å². The second-order valence-electron chi connectivity index (χ2n) is 3.97. The lowest BCUT2D eigenvalue weighted by Gasteiger charge is -2.20. The van der Waals surface area contributed by atoms with Gasteiger partial charge in [0, 0.05) is 6.54 Å². The Labute approximate surface area is 99.0 Å². The lowest BCUT2D eigenvalue weighted by Crippen LogP contribution is -2.40. The molecule has 0 aromatic heterocycles. The van der Waals surface area contributed by atoms with Gasteiger partial charge in [0.15, 0.2) is 0 Å². The molecule has 0 radical (unpaired) electrons. The summed E-state index contributed by atoms with van der Waals surface area (Å²) < 4.78 is 0. The standard InChI is InChI=1S/C12H14N2O3/c1-13-6-8(15)7-14-10-5-3-2-4-9(10)11(16)12(14)17/h2-5,8,13,15H,6-7H2,1H3. The van der Waals surface area contributed by atoms with Crippen LogP contribution in [-0.2, 0) is 4.79 Å². The van der Waals surface area contributed by atoms with Crippen molar-refractivity contribution in [3.05, 3.63) is 29.8 Å². The summed E-state index contributed by atoms with van der Waals surface area (Å²) in [7, 11) is 1.72. The van der Waals surface area contributed by atoms with Crippen molar-refractivity contribution >= 4 is 17.4 Å². The Morgan fingerprint density at radius 3 is 2.76 bits per heavy atom. The Morgan fingerprint density at radius 1 is 1.35 bits per heavy atom. The Bertz CT molecular complexity index is 459. The van der Waals surface area contributed by atoms with Crippen molar-refractivity contribution in [3.63, 3.8) is 0 Å². The molecule has 2 rings (SSSR count). The molecule has 0 aliphatic carbocycles. The van der Waals surface area contributed by atoms with Crippen molar-refractivity contribution in [1.82, 2.24) is 5.32 Å². The summed E-state index contributed by atoms with van der Waals surface area (Å²) in [5.41, 5.74) is 0.992. The summed E-state index contributed by atoms with van der Waals surface area (Å²) in [6.45, 7) is 0.503. The lowest BCUT2D eigenvalue weighted by molar-refractivity contribution is -0.114. The van der Waals surface area contributed by atoms with E-state index in [1.54, 1.807) is 31.3 Å². The maximum absolute atomic E-state index is 11.7. The van der Waals surface area contributed by atoms with Crippen molar-refractivity contribution < 1.29 is 14.7 Å². The molecule has 1 aliphatic rings. The number of β-amino-alcohol motifs (C(OH)–C–C–N with tert-alkyl or cyclic N) is 1. The number of hydrogen-bond acceptors (Lipinski definition) is 4. The number of carbonyl (C=O) groups excluding carboxylic acids is 2. The minimum Gasteiger partial charge on any atom is -0.390 e. The Balaban J connectivity index is 2.24. The predicted molar refractivity (Wildman–Crippen MR) is 63.1 cm³/mol. The van der Waals surface area contributed by atoms with Crippen LogP contribution in [-0.4, -0.2) is 43.0 Å². The summed E-state index contributed by atoms with van der Waals surface area (Å²) in [6.07, 6.45) is -0.692. The van der Waals surface area contributed by atoms with E-state index in [2.05, 4.69) is 5.32 Å². The SMILES string of the molecule is CNCC(O)CN1C(=O)C(=O)c2ccccc21. The van der Waals surface area contributed by atoms with Gasteiger partial charge >= 0.3 is 0 Å². The van der Waals surface area contributed by atoms with Crippen LogP contribution in [0.5, 0.6) is 0 Å². The Morgan fingerprint density at radius 2 is 2.06 bits per heavy atom. The highest BCUT2D eigenvalue weighted by Gasteiger charge is 2.36. The van der Waals surface area contributed by atoms with Crippen molar-refractivity contribution in [1.29, 1.82) is 0 Å². The first-order valence-corrected chi connectivity index (χ1v) is 5.43. The fourth-order valence-electron chi connectivity index (χ4n) is 1.94. The number of fused-ring (bicyclic) bond motifs is 1. The van der Waals surface area contributed by atoms with Crippen molar-refractivity contribution in [2.24, 2.45) is 0 Å². The van der Waals surface area contributed by atoms with Crippen LogP contribution in [0.25, 0.3) is 0 Å². The zero-order valence-electron chi connectivity index (χ0n) is 9.51. The molecule has 1 aliphatic heterocycles. The number of benzene rings is 1. The minimum absolute atomic E-state index is 0.127. The van der Waals surface area contributed by atoms with E-state index in [0.29, 0.717) is 17.8 Å². The number of ketones is 1. The second kappa shape index (κ2) is 4.65. The number of likely N-dealkylation sites (N-methyl/N-ethyl adjacent to an activating group) is 1. The Hall–Kier alpha value is -1.72. The van der Waals surface area contributed by atoms with Crippen LogP contribution in [0.15, 0.2) is 24.3 Å². The largest absolute Gasteiger partial charge is 0.390 e. The molecule has 1 aromatic rings. The van der Waals surface area contributed by atoms with E-state index in [4.69, 9.17) is 0 Å². The van der Waals surface area contributed by atoms with Gasteiger partial charge in [0.25, 0.3) is 11.7 Å². The van der Waals surface area contributed by atoms with Gasteiger partial charge in [-0.2, -0.15) is 0 Å². The first-order valence-electron chi connectivity index (χ1n) is 5.43. The van der Waals surface area contributed by atoms with E-state index in [9.17, 15) is 14.7 Å². The normalized spacial score (nSPS) is 16.2. The Kier molecular flexibility index (Phi) is 3.21. The van der Waals surface area contributed by atoms with Gasteiger partial charge in [0.05, 0.1) is 23.9 Å². The fourth-order valence-corrected chi connectivity index (χ4v) is 1.94. The summed E-state index contributed by atoms with van der Waals surface area (Å²) in [5.74, 6) is -1.07. The minimum atomic E-state index is -0.692. The number of para-hydroxylation sites is 1. The second-order valence-corrected chi connectivity index (χ2v) is 3.97. The van der Waals surface area contributed by atoms with Gasteiger partial charge in [-0.25, -0.2) is 0 Å². The predicted octanol–water partition coefficient (Wildman–Crippen LogP) is -0.204. The molecule has 2 N–H and O–H groups in total. The smallest absolute Gasteiger partial charge is 0.299 e. The molecule has 0 bridgehead atoms. The average Bonchev–Trinajstić information content (AvgIpc) is 2.56. The number of aliphatic hydroxyl groups excluding tert-OH is 1. The van der Waals surface area contributed by atoms with Gasteiger partial charge in [-0.1, -0.05) is 12.1 Å². The van der Waals surface area contributed by atoms with Crippen molar-refractivity contribution in [3.8, 4) is 0 Å². The van der Waals surface area contributed by atoms with Crippen LogP contribution >= 0.6 is 0 Å². The number of hydrogen-bond donors (Lipinski definition) is 2. The third-order valence-electron chi connectivity index (χ3n) is 2.71. The van der Waals surface area contributed by atoms with Gasteiger partial charge in [-0.05, 0) is 19.2 Å². The highest BCUT2D eigenvalue weighted by molar-refractivity contribution is 6.52. The van der Waals surface area contributed by atoms with E-state index in [0.717, 1.165) is 0 Å². The quantitative estimate of drug-likeness (QED) is 0.708. The number of carbonyl (C=O) groups is 2. The number of nitrogens with one attached hydrogen (secondary N) is 1. The number of aliphatic hydroxyl groups is 1. The molecular weight excluding hydrogens is 220 g/mol. The molecule has 5 heteroatoms. The van der Waals surface area contributed by atoms with Crippen LogP contribution in [0.1, 0.15) is 10.4 Å². The first-order chi connectivity index (χ1) is 8.15. The van der Waals surface area contributed by atoms with E-state index in [1.807, 2.05) is 0 Å². The van der Waals surface area contributed by atoms with Gasteiger partial charge in [-0.3, -0.25) is 9.59 Å². The van der Waals surface area contributed by atoms with E-state index < -0.39 is 17.8 Å². The zero-order chi connectivity index (χ0) is 12.4. The molecule has 1 heterocycles. The van der Waals surface area contributed by atoms with Gasteiger partial charge in [-0.15, -0.1) is 0 Å². The fraction of sp³-hybridized carbons (Fsp3) is 0.333. The summed E-state index contributed by atoms with van der Waals surface area (Å²) in [5, 5.41) is 12.5. The molecule has 90 valence electrons. The van der Waals surface area contributed by atoms with Gasteiger partial charge in [0.2, 0.25) is 0 Å². The number of nitrogens with zero attached hydrogens (tertiary/aromatic N) is 1. The van der Waals surface area contributed by atoms with Gasteiger partial charge in [0.1, 0.15) is 0 Å². The molecule has 0 saturated carbocycles. The molecule has 1 unspecified atom stereocenters. The maximum atomic E-state index is 11.7.